The van der Waals surface area contributed by atoms with E-state index in [1.54, 1.807) is 24.3 Å². The van der Waals surface area contributed by atoms with Crippen LogP contribution in [0.4, 0.5) is 5.69 Å². The van der Waals surface area contributed by atoms with E-state index < -0.39 is 15.9 Å². The zero-order valence-corrected chi connectivity index (χ0v) is 11.3. The zero-order chi connectivity index (χ0) is 14.1. The van der Waals surface area contributed by atoms with Gasteiger partial charge in [-0.25, -0.2) is 13.9 Å². The molecule has 0 aromatic heterocycles. The van der Waals surface area contributed by atoms with E-state index in [-0.39, 0.29) is 12.2 Å². The molecule has 7 heteroatoms. The van der Waals surface area contributed by atoms with Gasteiger partial charge >= 0.3 is 0 Å². The molecule has 0 saturated heterocycles. The van der Waals surface area contributed by atoms with Gasteiger partial charge in [-0.3, -0.25) is 14.7 Å². The van der Waals surface area contributed by atoms with Crippen LogP contribution in [0.3, 0.4) is 0 Å². The summed E-state index contributed by atoms with van der Waals surface area (Å²) in [6.45, 7) is 0. The number of sulfonamides is 1. The van der Waals surface area contributed by atoms with Gasteiger partial charge in [0.2, 0.25) is 15.9 Å². The van der Waals surface area contributed by atoms with Crippen molar-refractivity contribution in [2.24, 2.45) is 0 Å². The van der Waals surface area contributed by atoms with Crippen LogP contribution in [0.2, 0.25) is 0 Å². The Labute approximate surface area is 112 Å². The lowest BCUT2D eigenvalue weighted by Gasteiger charge is -2.07. The van der Waals surface area contributed by atoms with Crippen molar-refractivity contribution in [2.75, 3.05) is 10.5 Å². The number of benzene rings is 1. The third kappa shape index (κ3) is 6.78. The number of carbonyl (C=O) groups excluding carboxylic acids is 1. The van der Waals surface area contributed by atoms with E-state index in [0.717, 1.165) is 0 Å². The molecule has 0 aliphatic rings. The van der Waals surface area contributed by atoms with Gasteiger partial charge in [-0.1, -0.05) is 24.6 Å². The molecule has 1 rings (SSSR count). The first kappa shape index (κ1) is 15.5. The van der Waals surface area contributed by atoms with Crippen molar-refractivity contribution in [3.05, 3.63) is 30.3 Å². The molecular weight excluding hydrogens is 268 g/mol. The first-order valence-corrected chi connectivity index (χ1v) is 7.67. The van der Waals surface area contributed by atoms with E-state index in [2.05, 4.69) is 4.72 Å². The van der Waals surface area contributed by atoms with E-state index in [0.29, 0.717) is 24.9 Å². The number of anilines is 1. The van der Waals surface area contributed by atoms with Crippen molar-refractivity contribution in [2.45, 2.75) is 25.7 Å². The lowest BCUT2D eigenvalue weighted by molar-refractivity contribution is -0.129. The number of amides is 1. The summed E-state index contributed by atoms with van der Waals surface area (Å²) in [6, 6.07) is 8.69. The van der Waals surface area contributed by atoms with Crippen LogP contribution in [-0.2, 0) is 14.8 Å². The van der Waals surface area contributed by atoms with Gasteiger partial charge < -0.3 is 0 Å². The largest absolute Gasteiger partial charge is 0.289 e. The average molecular weight is 286 g/mol. The third-order valence-corrected chi connectivity index (χ3v) is 3.86. The second-order valence-corrected chi connectivity index (χ2v) is 5.97. The van der Waals surface area contributed by atoms with Crippen LogP contribution in [0.25, 0.3) is 0 Å². The smallest absolute Gasteiger partial charge is 0.243 e. The molecular formula is C12H18N2O4S. The van der Waals surface area contributed by atoms with Crippen LogP contribution in [0.5, 0.6) is 0 Å². The Balaban J connectivity index is 2.26. The van der Waals surface area contributed by atoms with Gasteiger partial charge in [-0.15, -0.1) is 0 Å². The summed E-state index contributed by atoms with van der Waals surface area (Å²) in [7, 11) is -3.34. The van der Waals surface area contributed by atoms with Crippen LogP contribution in [0.1, 0.15) is 25.7 Å². The van der Waals surface area contributed by atoms with Crippen molar-refractivity contribution < 1.29 is 18.4 Å². The number of nitrogens with one attached hydrogen (secondary N) is 2. The van der Waals surface area contributed by atoms with Crippen molar-refractivity contribution in [1.82, 2.24) is 5.48 Å². The summed E-state index contributed by atoms with van der Waals surface area (Å²) in [5.41, 5.74) is 2.08. The quantitative estimate of drug-likeness (QED) is 0.383. The molecule has 0 fully saturated rings. The minimum atomic E-state index is -3.34. The van der Waals surface area contributed by atoms with Crippen LogP contribution < -0.4 is 10.2 Å². The molecule has 3 N–H and O–H groups in total. The maximum absolute atomic E-state index is 11.7. The van der Waals surface area contributed by atoms with Gasteiger partial charge in [-0.2, -0.15) is 0 Å². The zero-order valence-electron chi connectivity index (χ0n) is 10.5. The molecule has 19 heavy (non-hydrogen) atoms. The summed E-state index contributed by atoms with van der Waals surface area (Å²) >= 11 is 0. The van der Waals surface area contributed by atoms with E-state index in [1.807, 2.05) is 6.07 Å². The Bertz CT molecular complexity index is 488. The lowest BCUT2D eigenvalue weighted by atomic mass is 10.2. The number of unbranched alkanes of at least 4 members (excludes halogenated alkanes) is 2. The third-order valence-electron chi connectivity index (χ3n) is 2.49. The fourth-order valence-electron chi connectivity index (χ4n) is 1.55. The second-order valence-electron chi connectivity index (χ2n) is 4.13. The van der Waals surface area contributed by atoms with Crippen molar-refractivity contribution in [3.63, 3.8) is 0 Å². The van der Waals surface area contributed by atoms with E-state index in [1.165, 1.54) is 5.48 Å². The molecule has 0 unspecified atom stereocenters. The first-order valence-electron chi connectivity index (χ1n) is 6.02. The van der Waals surface area contributed by atoms with Crippen molar-refractivity contribution >= 4 is 21.6 Å². The number of carbonyl (C=O) groups is 1. The number of rotatable bonds is 8. The van der Waals surface area contributed by atoms with Gasteiger partial charge in [0.1, 0.15) is 0 Å². The summed E-state index contributed by atoms with van der Waals surface area (Å²) in [6.07, 6.45) is 1.83. The fourth-order valence-corrected chi connectivity index (χ4v) is 2.73. The highest BCUT2D eigenvalue weighted by molar-refractivity contribution is 7.92. The number of hydrogen-bond donors (Lipinski definition) is 3. The van der Waals surface area contributed by atoms with Crippen LogP contribution in [-0.4, -0.2) is 25.3 Å². The second kappa shape index (κ2) is 7.75. The van der Waals surface area contributed by atoms with Gasteiger partial charge in [0, 0.05) is 12.1 Å². The normalized spacial score (nSPS) is 11.0. The highest BCUT2D eigenvalue weighted by atomic mass is 32.2. The summed E-state index contributed by atoms with van der Waals surface area (Å²) in [4.78, 5) is 10.7. The summed E-state index contributed by atoms with van der Waals surface area (Å²) in [5.74, 6) is -0.437. The molecule has 0 aliphatic carbocycles. The molecule has 6 nitrogen and oxygen atoms in total. The molecule has 0 atom stereocenters. The van der Waals surface area contributed by atoms with Gasteiger partial charge in [0.25, 0.3) is 0 Å². The van der Waals surface area contributed by atoms with E-state index in [9.17, 15) is 13.2 Å². The highest BCUT2D eigenvalue weighted by Gasteiger charge is 2.09. The Morgan fingerprint density at radius 2 is 1.79 bits per heavy atom. The molecule has 0 aliphatic heterocycles. The van der Waals surface area contributed by atoms with Crippen molar-refractivity contribution in [1.29, 1.82) is 0 Å². The Kier molecular flexibility index (Phi) is 6.31. The molecule has 0 radical (unpaired) electrons. The molecule has 0 spiro atoms. The Hall–Kier alpha value is -1.60. The first-order chi connectivity index (χ1) is 9.03. The predicted molar refractivity (Wildman–Crippen MR) is 72.2 cm³/mol. The Morgan fingerprint density at radius 3 is 2.42 bits per heavy atom. The molecule has 0 heterocycles. The molecule has 0 saturated carbocycles. The maximum atomic E-state index is 11.7. The van der Waals surface area contributed by atoms with E-state index in [4.69, 9.17) is 5.21 Å². The minimum Gasteiger partial charge on any atom is -0.289 e. The minimum absolute atomic E-state index is 0.0165. The molecule has 1 amide bonds. The Morgan fingerprint density at radius 1 is 1.11 bits per heavy atom. The molecule has 0 bridgehead atoms. The van der Waals surface area contributed by atoms with Crippen LogP contribution >= 0.6 is 0 Å². The monoisotopic (exact) mass is 286 g/mol. The predicted octanol–water partition coefficient (Wildman–Crippen LogP) is 1.49. The molecule has 106 valence electrons. The SMILES string of the molecule is O=C(CCCCCS(=O)(=O)Nc1ccccc1)NO. The van der Waals surface area contributed by atoms with Crippen LogP contribution in [0.15, 0.2) is 30.3 Å². The lowest BCUT2D eigenvalue weighted by Crippen LogP contribution is -2.18. The summed E-state index contributed by atoms with van der Waals surface area (Å²) in [5, 5.41) is 8.28. The fraction of sp³-hybridized carbons (Fsp3) is 0.417. The standard InChI is InChI=1S/C12H18N2O4S/c15-12(13-16)9-5-2-6-10-19(17,18)14-11-7-3-1-4-8-11/h1,3-4,7-8,14,16H,2,5-6,9-10H2,(H,13,15). The highest BCUT2D eigenvalue weighted by Crippen LogP contribution is 2.10. The number of hydrogen-bond acceptors (Lipinski definition) is 4. The topological polar surface area (TPSA) is 95.5 Å². The van der Waals surface area contributed by atoms with Gasteiger partial charge in [0.15, 0.2) is 0 Å². The van der Waals surface area contributed by atoms with Crippen LogP contribution in [0, 0.1) is 0 Å². The molecule has 1 aromatic carbocycles. The average Bonchev–Trinajstić information content (AvgIpc) is 2.38. The molecule has 1 aromatic rings. The summed E-state index contributed by atoms with van der Waals surface area (Å²) < 4.78 is 25.9. The van der Waals surface area contributed by atoms with Gasteiger partial charge in [0.05, 0.1) is 5.75 Å². The van der Waals surface area contributed by atoms with E-state index >= 15 is 0 Å². The van der Waals surface area contributed by atoms with Crippen molar-refractivity contribution in [3.8, 4) is 0 Å². The number of para-hydroxylation sites is 1. The number of hydroxylamine groups is 1. The maximum Gasteiger partial charge on any atom is 0.243 e. The van der Waals surface area contributed by atoms with Gasteiger partial charge in [-0.05, 0) is 25.0 Å².